The van der Waals surface area contributed by atoms with Gasteiger partial charge in [-0.3, -0.25) is 0 Å². The molecule has 2 heteroatoms. The van der Waals surface area contributed by atoms with Gasteiger partial charge in [0.25, 0.3) is 0 Å². The van der Waals surface area contributed by atoms with Crippen LogP contribution in [-0.2, 0) is 0 Å². The highest BCUT2D eigenvalue weighted by Gasteiger charge is 2.17. The molecule has 1 aliphatic rings. The molecule has 66 valence electrons. The van der Waals surface area contributed by atoms with Crippen LogP contribution in [0.2, 0.25) is 0 Å². The van der Waals surface area contributed by atoms with Crippen LogP contribution in [0.4, 0.5) is 0 Å². The number of nitrogens with one attached hydrogen (secondary N) is 1. The van der Waals surface area contributed by atoms with Crippen LogP contribution in [0.15, 0.2) is 0 Å². The molecule has 1 rings (SSSR count). The average Bonchev–Trinajstić information content (AvgIpc) is 2.06. The van der Waals surface area contributed by atoms with Crippen molar-refractivity contribution in [1.29, 1.82) is 0 Å². The van der Waals surface area contributed by atoms with E-state index in [2.05, 4.69) is 17.1 Å². The van der Waals surface area contributed by atoms with Crippen molar-refractivity contribution in [1.82, 2.24) is 10.2 Å². The number of piperidine rings is 1. The molecule has 1 N–H and O–H groups in total. The van der Waals surface area contributed by atoms with Crippen LogP contribution in [-0.4, -0.2) is 38.1 Å². The van der Waals surface area contributed by atoms with Gasteiger partial charge < -0.3 is 10.2 Å². The number of hydrogen-bond acceptors (Lipinski definition) is 2. The molecular weight excluding hydrogens is 136 g/mol. The van der Waals surface area contributed by atoms with Crippen LogP contribution in [0.3, 0.4) is 0 Å². The highest BCUT2D eigenvalue weighted by molar-refractivity contribution is 4.72. The minimum atomic E-state index is 0.897. The zero-order chi connectivity index (χ0) is 8.10. The fourth-order valence-electron chi connectivity index (χ4n) is 1.89. The van der Waals surface area contributed by atoms with E-state index in [1.165, 1.54) is 39.0 Å². The molecule has 0 unspecified atom stereocenters. The van der Waals surface area contributed by atoms with E-state index in [1.807, 2.05) is 7.05 Å². The molecule has 0 aromatic heterocycles. The lowest BCUT2D eigenvalue weighted by atomic mass is 9.98. The predicted octanol–water partition coefficient (Wildman–Crippen LogP) is 0.938. The first-order valence-electron chi connectivity index (χ1n) is 4.73. The minimum absolute atomic E-state index is 0.897. The maximum absolute atomic E-state index is 3.26. The molecule has 1 atom stereocenters. The Bertz CT molecular complexity index is 102. The normalized spacial score (nSPS) is 27.3. The van der Waals surface area contributed by atoms with Crippen LogP contribution in [0.5, 0.6) is 0 Å². The molecule has 0 radical (unpaired) electrons. The van der Waals surface area contributed by atoms with Gasteiger partial charge in [-0.15, -0.1) is 0 Å². The third-order valence-corrected chi connectivity index (χ3v) is 2.54. The first kappa shape index (κ1) is 9.01. The summed E-state index contributed by atoms with van der Waals surface area (Å²) in [6.45, 7) is 7.28. The van der Waals surface area contributed by atoms with Gasteiger partial charge in [0.05, 0.1) is 0 Å². The molecule has 1 heterocycles. The SMILES string of the molecule is CCN1CCC[C@H](CNC)C1. The Morgan fingerprint density at radius 1 is 1.55 bits per heavy atom. The van der Waals surface area contributed by atoms with Crippen molar-refractivity contribution >= 4 is 0 Å². The Morgan fingerprint density at radius 3 is 3.00 bits per heavy atom. The van der Waals surface area contributed by atoms with Crippen LogP contribution in [0.1, 0.15) is 19.8 Å². The van der Waals surface area contributed by atoms with Gasteiger partial charge in [0, 0.05) is 6.54 Å². The zero-order valence-corrected chi connectivity index (χ0v) is 7.77. The van der Waals surface area contributed by atoms with E-state index in [0.29, 0.717) is 0 Å². The van der Waals surface area contributed by atoms with Crippen molar-refractivity contribution in [3.63, 3.8) is 0 Å². The zero-order valence-electron chi connectivity index (χ0n) is 7.77. The lowest BCUT2D eigenvalue weighted by molar-refractivity contribution is 0.182. The second-order valence-electron chi connectivity index (χ2n) is 3.46. The summed E-state index contributed by atoms with van der Waals surface area (Å²) >= 11 is 0. The Hall–Kier alpha value is -0.0800. The molecule has 0 spiro atoms. The third kappa shape index (κ3) is 2.80. The lowest BCUT2D eigenvalue weighted by Crippen LogP contribution is -2.38. The molecule has 1 fully saturated rings. The van der Waals surface area contributed by atoms with Crippen molar-refractivity contribution in [2.75, 3.05) is 33.2 Å². The van der Waals surface area contributed by atoms with Crippen molar-refractivity contribution in [3.8, 4) is 0 Å². The van der Waals surface area contributed by atoms with Gasteiger partial charge in [0.1, 0.15) is 0 Å². The van der Waals surface area contributed by atoms with Crippen LogP contribution in [0.25, 0.3) is 0 Å². The number of likely N-dealkylation sites (tertiary alicyclic amines) is 1. The van der Waals surface area contributed by atoms with Gasteiger partial charge in [-0.05, 0) is 45.4 Å². The number of rotatable bonds is 3. The van der Waals surface area contributed by atoms with Crippen molar-refractivity contribution < 1.29 is 0 Å². The summed E-state index contributed by atoms with van der Waals surface area (Å²) in [6.07, 6.45) is 2.80. The first-order chi connectivity index (χ1) is 5.36. The maximum Gasteiger partial charge on any atom is 0.00217 e. The molecule has 0 aliphatic carbocycles. The molecule has 0 aromatic rings. The summed E-state index contributed by atoms with van der Waals surface area (Å²) in [7, 11) is 2.05. The highest BCUT2D eigenvalue weighted by atomic mass is 15.1. The van der Waals surface area contributed by atoms with Gasteiger partial charge in [-0.1, -0.05) is 6.92 Å². The second kappa shape index (κ2) is 4.73. The minimum Gasteiger partial charge on any atom is -0.319 e. The van der Waals surface area contributed by atoms with E-state index in [-0.39, 0.29) is 0 Å². The van der Waals surface area contributed by atoms with Gasteiger partial charge in [0.15, 0.2) is 0 Å². The van der Waals surface area contributed by atoms with Crippen LogP contribution in [0, 0.1) is 5.92 Å². The largest absolute Gasteiger partial charge is 0.319 e. The van der Waals surface area contributed by atoms with Crippen LogP contribution < -0.4 is 5.32 Å². The van der Waals surface area contributed by atoms with Crippen molar-refractivity contribution in [2.45, 2.75) is 19.8 Å². The Balaban J connectivity index is 2.21. The smallest absolute Gasteiger partial charge is 0.00217 e. The third-order valence-electron chi connectivity index (χ3n) is 2.54. The number of nitrogens with zero attached hydrogens (tertiary/aromatic N) is 1. The quantitative estimate of drug-likeness (QED) is 0.654. The monoisotopic (exact) mass is 156 g/mol. The summed E-state index contributed by atoms with van der Waals surface area (Å²) in [5.41, 5.74) is 0. The molecule has 0 saturated carbocycles. The second-order valence-corrected chi connectivity index (χ2v) is 3.46. The fraction of sp³-hybridized carbons (Fsp3) is 1.00. The lowest BCUT2D eigenvalue weighted by Gasteiger charge is -2.31. The van der Waals surface area contributed by atoms with E-state index in [9.17, 15) is 0 Å². The molecule has 0 amide bonds. The van der Waals surface area contributed by atoms with Gasteiger partial charge in [-0.2, -0.15) is 0 Å². The van der Waals surface area contributed by atoms with E-state index < -0.39 is 0 Å². The summed E-state index contributed by atoms with van der Waals surface area (Å²) < 4.78 is 0. The molecule has 0 aromatic carbocycles. The Morgan fingerprint density at radius 2 is 2.36 bits per heavy atom. The molecule has 11 heavy (non-hydrogen) atoms. The fourth-order valence-corrected chi connectivity index (χ4v) is 1.89. The van der Waals surface area contributed by atoms with Gasteiger partial charge >= 0.3 is 0 Å². The van der Waals surface area contributed by atoms with Gasteiger partial charge in [0.2, 0.25) is 0 Å². The topological polar surface area (TPSA) is 15.3 Å². The molecule has 0 bridgehead atoms. The summed E-state index contributed by atoms with van der Waals surface area (Å²) in [5.74, 6) is 0.897. The van der Waals surface area contributed by atoms with Crippen molar-refractivity contribution in [3.05, 3.63) is 0 Å². The Kier molecular flexibility index (Phi) is 3.87. The van der Waals surface area contributed by atoms with Crippen molar-refractivity contribution in [2.24, 2.45) is 5.92 Å². The molecule has 1 aliphatic heterocycles. The summed E-state index contributed by atoms with van der Waals surface area (Å²) in [6, 6.07) is 0. The van der Waals surface area contributed by atoms with Gasteiger partial charge in [-0.25, -0.2) is 0 Å². The summed E-state index contributed by atoms with van der Waals surface area (Å²) in [5, 5.41) is 3.26. The predicted molar refractivity (Wildman–Crippen MR) is 48.8 cm³/mol. The first-order valence-corrected chi connectivity index (χ1v) is 4.73. The number of hydrogen-bond donors (Lipinski definition) is 1. The standard InChI is InChI=1S/C9H20N2/c1-3-11-6-4-5-9(8-11)7-10-2/h9-10H,3-8H2,1-2H3/t9-/m1/s1. The maximum atomic E-state index is 3.26. The molecule has 1 saturated heterocycles. The van der Waals surface area contributed by atoms with E-state index in [0.717, 1.165) is 5.92 Å². The molecular formula is C9H20N2. The highest BCUT2D eigenvalue weighted by Crippen LogP contribution is 2.14. The van der Waals surface area contributed by atoms with E-state index in [1.54, 1.807) is 0 Å². The van der Waals surface area contributed by atoms with E-state index >= 15 is 0 Å². The molecule has 2 nitrogen and oxygen atoms in total. The van der Waals surface area contributed by atoms with E-state index in [4.69, 9.17) is 0 Å². The summed E-state index contributed by atoms with van der Waals surface area (Å²) in [4.78, 5) is 2.55. The average molecular weight is 156 g/mol. The van der Waals surface area contributed by atoms with Crippen LogP contribution >= 0.6 is 0 Å². The Labute approximate surface area is 70.0 Å².